The van der Waals surface area contributed by atoms with E-state index in [1.807, 2.05) is 37.3 Å². The number of halogens is 2. The maximum Gasteiger partial charge on any atom is 0.255 e. The summed E-state index contributed by atoms with van der Waals surface area (Å²) in [5, 5.41) is 16.2. The van der Waals surface area contributed by atoms with Crippen LogP contribution in [-0.4, -0.2) is 34.8 Å². The fraction of sp³-hybridized carbons (Fsp3) is 0.156. The number of carbonyl (C=O) groups is 1. The number of amides is 1. The van der Waals surface area contributed by atoms with Crippen LogP contribution < -0.4 is 10.6 Å². The molecule has 0 fully saturated rings. The van der Waals surface area contributed by atoms with E-state index >= 15 is 0 Å². The molecule has 0 unspecified atom stereocenters. The lowest BCUT2D eigenvalue weighted by molar-refractivity contribution is 0.0964. The van der Waals surface area contributed by atoms with Gasteiger partial charge in [0.2, 0.25) is 0 Å². The predicted molar refractivity (Wildman–Crippen MR) is 155 cm³/mol. The second kappa shape index (κ2) is 9.26. The summed E-state index contributed by atoms with van der Waals surface area (Å²) in [6.07, 6.45) is 0.677. The minimum Gasteiger partial charge on any atom is -0.455 e. The van der Waals surface area contributed by atoms with Gasteiger partial charge >= 0.3 is 0 Å². The number of anilines is 1. The molecule has 3 aromatic carbocycles. The molecule has 0 spiro atoms. The Kier molecular flexibility index (Phi) is 5.64. The van der Waals surface area contributed by atoms with Crippen molar-refractivity contribution in [3.63, 3.8) is 0 Å². The summed E-state index contributed by atoms with van der Waals surface area (Å²) < 4.78 is 36.8. The number of carbonyl (C=O) groups excluding carboxylic acids is 1. The van der Waals surface area contributed by atoms with Gasteiger partial charge in [-0.15, -0.1) is 0 Å². The Bertz CT molecular complexity index is 2030. The molecule has 41 heavy (non-hydrogen) atoms. The van der Waals surface area contributed by atoms with Crippen molar-refractivity contribution in [2.24, 2.45) is 0 Å². The van der Waals surface area contributed by atoms with E-state index in [-0.39, 0.29) is 17.5 Å². The molecule has 4 heterocycles. The molecule has 6 aromatic rings. The number of benzene rings is 3. The highest BCUT2D eigenvalue weighted by molar-refractivity contribution is 6.12. The first-order valence-electron chi connectivity index (χ1n) is 13.3. The number of aromatic nitrogens is 3. The van der Waals surface area contributed by atoms with Crippen molar-refractivity contribution in [2.75, 3.05) is 19.4 Å². The fourth-order valence-corrected chi connectivity index (χ4v) is 5.80. The van der Waals surface area contributed by atoms with Crippen LogP contribution in [0.1, 0.15) is 21.6 Å². The lowest BCUT2D eigenvalue weighted by Gasteiger charge is -2.20. The lowest BCUT2D eigenvalue weighted by Crippen LogP contribution is -2.18. The van der Waals surface area contributed by atoms with E-state index in [1.165, 1.54) is 12.1 Å². The second-order valence-electron chi connectivity index (χ2n) is 10.2. The van der Waals surface area contributed by atoms with Crippen molar-refractivity contribution in [1.29, 1.82) is 0 Å². The monoisotopic (exact) mass is 549 g/mol. The number of hydrogen-bond donors (Lipinski definition) is 2. The van der Waals surface area contributed by atoms with Crippen molar-refractivity contribution in [1.82, 2.24) is 20.1 Å². The second-order valence-corrected chi connectivity index (χ2v) is 10.2. The minimum atomic E-state index is -0.381. The fourth-order valence-electron chi connectivity index (χ4n) is 5.80. The lowest BCUT2D eigenvalue weighted by atomic mass is 9.98. The van der Waals surface area contributed by atoms with Crippen LogP contribution in [0.4, 0.5) is 14.5 Å². The molecule has 3 aromatic heterocycles. The Morgan fingerprint density at radius 1 is 0.951 bits per heavy atom. The Hall–Kier alpha value is -5.05. The van der Waals surface area contributed by atoms with Gasteiger partial charge in [-0.25, -0.2) is 8.78 Å². The average molecular weight is 550 g/mol. The molecule has 0 atom stereocenters. The molecule has 1 amide bonds. The van der Waals surface area contributed by atoms with E-state index in [2.05, 4.69) is 25.4 Å². The standard InChI is InChI=1S/C32H25F2N5O2/c1-16-10-23(34)19-14-28-21-13-26(38-37-24(21)8-9-39(28)27(19)11-16)20-12-22-29(15-25(20)35-2)41-31(30(22)32(40)36-3)17-4-6-18(33)7-5-17/h4-7,10-15,35H,8-9H2,1-3H3,(H,36,40). The highest BCUT2D eigenvalue weighted by atomic mass is 19.1. The number of nitrogens with zero attached hydrogens (tertiary/aromatic N) is 3. The molecule has 0 aliphatic carbocycles. The van der Waals surface area contributed by atoms with E-state index in [4.69, 9.17) is 4.42 Å². The third kappa shape index (κ3) is 3.88. The van der Waals surface area contributed by atoms with Crippen molar-refractivity contribution >= 4 is 33.5 Å². The van der Waals surface area contributed by atoms with Crippen LogP contribution in [0, 0.1) is 18.6 Å². The SMILES string of the molecule is CNC(=O)c1c(-c2ccc(F)cc2)oc2cc(NC)c(-c3cc4c(nn3)CCn3c-4cc4c(F)cc(C)cc43)cc12. The highest BCUT2D eigenvalue weighted by Crippen LogP contribution is 2.41. The van der Waals surface area contributed by atoms with E-state index in [0.29, 0.717) is 51.9 Å². The van der Waals surface area contributed by atoms with Gasteiger partial charge in [-0.05, 0) is 67.1 Å². The van der Waals surface area contributed by atoms with Crippen LogP contribution in [0.25, 0.3) is 55.7 Å². The van der Waals surface area contributed by atoms with Crippen LogP contribution in [0.15, 0.2) is 65.1 Å². The van der Waals surface area contributed by atoms with Gasteiger partial charge in [0, 0.05) is 66.3 Å². The molecule has 9 heteroatoms. The Labute approximate surface area is 233 Å². The maximum absolute atomic E-state index is 14.9. The first-order valence-corrected chi connectivity index (χ1v) is 13.3. The van der Waals surface area contributed by atoms with E-state index in [0.717, 1.165) is 39.3 Å². The Morgan fingerprint density at radius 2 is 1.76 bits per heavy atom. The number of nitrogens with one attached hydrogen (secondary N) is 2. The third-order valence-electron chi connectivity index (χ3n) is 7.77. The zero-order chi connectivity index (χ0) is 28.4. The van der Waals surface area contributed by atoms with E-state index in [9.17, 15) is 13.6 Å². The smallest absolute Gasteiger partial charge is 0.255 e. The molecule has 1 aliphatic rings. The van der Waals surface area contributed by atoms with Gasteiger partial charge in [0.05, 0.1) is 28.2 Å². The van der Waals surface area contributed by atoms with E-state index in [1.54, 1.807) is 32.3 Å². The van der Waals surface area contributed by atoms with Gasteiger partial charge in [0.25, 0.3) is 5.91 Å². The topological polar surface area (TPSA) is 85.0 Å². The molecular formula is C32H25F2N5O2. The summed E-state index contributed by atoms with van der Waals surface area (Å²) in [5.41, 5.74) is 7.83. The molecule has 0 bridgehead atoms. The predicted octanol–water partition coefficient (Wildman–Crippen LogP) is 6.72. The van der Waals surface area contributed by atoms with Crippen molar-refractivity contribution in [3.05, 3.63) is 89.1 Å². The quantitative estimate of drug-likeness (QED) is 0.255. The minimum absolute atomic E-state index is 0.243. The third-order valence-corrected chi connectivity index (χ3v) is 7.77. The molecular weight excluding hydrogens is 524 g/mol. The largest absolute Gasteiger partial charge is 0.455 e. The van der Waals surface area contributed by atoms with Crippen molar-refractivity contribution in [2.45, 2.75) is 19.9 Å². The van der Waals surface area contributed by atoms with Gasteiger partial charge in [0.1, 0.15) is 23.0 Å². The molecule has 2 N–H and O–H groups in total. The van der Waals surface area contributed by atoms with Crippen LogP contribution in [0.2, 0.25) is 0 Å². The number of aryl methyl sites for hydroxylation is 3. The molecule has 204 valence electrons. The molecule has 0 saturated carbocycles. The zero-order valence-corrected chi connectivity index (χ0v) is 22.6. The Balaban J connectivity index is 1.43. The summed E-state index contributed by atoms with van der Waals surface area (Å²) >= 11 is 0. The average Bonchev–Trinajstić information content (AvgIpc) is 3.55. The molecule has 7 rings (SSSR count). The van der Waals surface area contributed by atoms with Crippen LogP contribution in [0.5, 0.6) is 0 Å². The molecule has 0 radical (unpaired) electrons. The number of hydrogen-bond acceptors (Lipinski definition) is 5. The Morgan fingerprint density at radius 3 is 2.51 bits per heavy atom. The van der Waals surface area contributed by atoms with Crippen LogP contribution >= 0.6 is 0 Å². The van der Waals surface area contributed by atoms with Gasteiger partial charge in [0.15, 0.2) is 0 Å². The summed E-state index contributed by atoms with van der Waals surface area (Å²) in [5.74, 6) is -0.609. The summed E-state index contributed by atoms with van der Waals surface area (Å²) in [7, 11) is 3.35. The highest BCUT2D eigenvalue weighted by Gasteiger charge is 2.26. The van der Waals surface area contributed by atoms with Crippen molar-refractivity contribution in [3.8, 4) is 33.8 Å². The van der Waals surface area contributed by atoms with Gasteiger partial charge < -0.3 is 19.6 Å². The first kappa shape index (κ1) is 25.0. The van der Waals surface area contributed by atoms with Gasteiger partial charge in [-0.1, -0.05) is 0 Å². The summed E-state index contributed by atoms with van der Waals surface area (Å²) in [6.45, 7) is 2.58. The first-order chi connectivity index (χ1) is 19.9. The van der Waals surface area contributed by atoms with Crippen LogP contribution in [-0.2, 0) is 13.0 Å². The maximum atomic E-state index is 14.9. The molecule has 0 saturated heterocycles. The zero-order valence-electron chi connectivity index (χ0n) is 22.6. The summed E-state index contributed by atoms with van der Waals surface area (Å²) in [4.78, 5) is 13.1. The van der Waals surface area contributed by atoms with Gasteiger partial charge in [-0.3, -0.25) is 4.79 Å². The van der Waals surface area contributed by atoms with E-state index < -0.39 is 0 Å². The van der Waals surface area contributed by atoms with Crippen molar-refractivity contribution < 1.29 is 18.0 Å². The van der Waals surface area contributed by atoms with Gasteiger partial charge in [-0.2, -0.15) is 10.2 Å². The van der Waals surface area contributed by atoms with Crippen LogP contribution in [0.3, 0.4) is 0 Å². The molecule has 1 aliphatic heterocycles. The normalized spacial score (nSPS) is 12.4. The number of rotatable bonds is 4. The molecule has 7 nitrogen and oxygen atoms in total. The number of furan rings is 1. The number of fused-ring (bicyclic) bond motifs is 6. The summed E-state index contributed by atoms with van der Waals surface area (Å²) in [6, 6.07) is 16.9.